The standard InChI is InChI=1S/C18H27BrFN/c1-2-12-21-16(11-10-14-6-3-4-7-14)13-15-8-5-9-17(20)18(15)19/h5,8-9,14,16,21H,2-4,6-7,10-13H2,1H3. The van der Waals surface area contributed by atoms with Crippen LogP contribution in [0.5, 0.6) is 0 Å². The summed E-state index contributed by atoms with van der Waals surface area (Å²) in [5.41, 5.74) is 1.08. The van der Waals surface area contributed by atoms with Gasteiger partial charge in [0.2, 0.25) is 0 Å². The SMILES string of the molecule is CCCNC(CCC1CCCC1)Cc1cccc(F)c1Br. The molecule has 1 N–H and O–H groups in total. The van der Waals surface area contributed by atoms with Crippen LogP contribution in [0.3, 0.4) is 0 Å². The predicted molar refractivity (Wildman–Crippen MR) is 91.1 cm³/mol. The van der Waals surface area contributed by atoms with Crippen LogP contribution < -0.4 is 5.32 Å². The van der Waals surface area contributed by atoms with Gasteiger partial charge in [-0.25, -0.2) is 4.39 Å². The molecule has 0 heterocycles. The Labute approximate surface area is 136 Å². The average molecular weight is 356 g/mol. The molecule has 1 nitrogen and oxygen atoms in total. The molecule has 21 heavy (non-hydrogen) atoms. The van der Waals surface area contributed by atoms with Crippen molar-refractivity contribution in [2.45, 2.75) is 64.3 Å². The fraction of sp³-hybridized carbons (Fsp3) is 0.667. The van der Waals surface area contributed by atoms with E-state index < -0.39 is 0 Å². The lowest BCUT2D eigenvalue weighted by molar-refractivity contribution is 0.402. The second-order valence-corrected chi connectivity index (χ2v) is 7.09. The van der Waals surface area contributed by atoms with Gasteiger partial charge in [-0.2, -0.15) is 0 Å². The molecule has 1 aliphatic carbocycles. The fourth-order valence-electron chi connectivity index (χ4n) is 3.33. The Kier molecular flexibility index (Phi) is 7.18. The molecule has 1 aromatic rings. The summed E-state index contributed by atoms with van der Waals surface area (Å²) in [4.78, 5) is 0. The molecule has 0 radical (unpaired) electrons. The van der Waals surface area contributed by atoms with E-state index in [0.717, 1.165) is 30.9 Å². The summed E-state index contributed by atoms with van der Waals surface area (Å²) in [6.07, 6.45) is 10.2. The third-order valence-electron chi connectivity index (χ3n) is 4.58. The van der Waals surface area contributed by atoms with Crippen molar-refractivity contribution in [1.82, 2.24) is 5.32 Å². The smallest absolute Gasteiger partial charge is 0.137 e. The van der Waals surface area contributed by atoms with E-state index in [2.05, 4.69) is 28.2 Å². The molecule has 0 aromatic heterocycles. The number of hydrogen-bond donors (Lipinski definition) is 1. The Morgan fingerprint density at radius 2 is 2.10 bits per heavy atom. The van der Waals surface area contributed by atoms with Crippen LogP contribution in [-0.2, 0) is 6.42 Å². The molecule has 0 amide bonds. The molecule has 1 atom stereocenters. The third kappa shape index (κ3) is 5.37. The Bertz CT molecular complexity index is 429. The number of nitrogens with one attached hydrogen (secondary N) is 1. The Balaban J connectivity index is 1.92. The topological polar surface area (TPSA) is 12.0 Å². The van der Waals surface area contributed by atoms with Gasteiger partial charge in [-0.15, -0.1) is 0 Å². The lowest BCUT2D eigenvalue weighted by atomic mass is 9.95. The number of benzene rings is 1. The van der Waals surface area contributed by atoms with Gasteiger partial charge in [-0.05, 0) is 65.7 Å². The summed E-state index contributed by atoms with van der Waals surface area (Å²) in [6.45, 7) is 3.24. The lowest BCUT2D eigenvalue weighted by Crippen LogP contribution is -2.32. The molecule has 0 aliphatic heterocycles. The van der Waals surface area contributed by atoms with Crippen LogP contribution in [0.2, 0.25) is 0 Å². The highest BCUT2D eigenvalue weighted by Crippen LogP contribution is 2.30. The van der Waals surface area contributed by atoms with E-state index in [4.69, 9.17) is 0 Å². The maximum Gasteiger partial charge on any atom is 0.137 e. The summed E-state index contributed by atoms with van der Waals surface area (Å²) in [7, 11) is 0. The number of hydrogen-bond acceptors (Lipinski definition) is 1. The molecule has 0 saturated heterocycles. The van der Waals surface area contributed by atoms with Crippen LogP contribution in [0.4, 0.5) is 4.39 Å². The van der Waals surface area contributed by atoms with Crippen molar-refractivity contribution in [3.05, 3.63) is 34.1 Å². The van der Waals surface area contributed by atoms with Crippen LogP contribution in [0.25, 0.3) is 0 Å². The van der Waals surface area contributed by atoms with Gasteiger partial charge in [0.15, 0.2) is 0 Å². The van der Waals surface area contributed by atoms with Gasteiger partial charge in [0.25, 0.3) is 0 Å². The summed E-state index contributed by atoms with van der Waals surface area (Å²) < 4.78 is 14.3. The van der Waals surface area contributed by atoms with Crippen LogP contribution >= 0.6 is 15.9 Å². The zero-order valence-electron chi connectivity index (χ0n) is 13.0. The van der Waals surface area contributed by atoms with Crippen LogP contribution in [0.1, 0.15) is 57.4 Å². The largest absolute Gasteiger partial charge is 0.314 e. The van der Waals surface area contributed by atoms with Crippen molar-refractivity contribution in [2.75, 3.05) is 6.54 Å². The minimum absolute atomic E-state index is 0.155. The van der Waals surface area contributed by atoms with E-state index in [1.165, 1.54) is 44.6 Å². The van der Waals surface area contributed by atoms with E-state index in [0.29, 0.717) is 10.5 Å². The first-order valence-corrected chi connectivity index (χ1v) is 9.16. The van der Waals surface area contributed by atoms with Gasteiger partial charge >= 0.3 is 0 Å². The Morgan fingerprint density at radius 3 is 2.81 bits per heavy atom. The highest BCUT2D eigenvalue weighted by atomic mass is 79.9. The highest BCUT2D eigenvalue weighted by Gasteiger charge is 2.18. The molecule has 1 aromatic carbocycles. The number of rotatable bonds is 8. The van der Waals surface area contributed by atoms with Gasteiger partial charge in [0.1, 0.15) is 5.82 Å². The van der Waals surface area contributed by atoms with E-state index >= 15 is 0 Å². The Morgan fingerprint density at radius 1 is 1.33 bits per heavy atom. The zero-order valence-corrected chi connectivity index (χ0v) is 14.6. The molecule has 1 fully saturated rings. The molecular weight excluding hydrogens is 329 g/mol. The minimum Gasteiger partial charge on any atom is -0.314 e. The maximum atomic E-state index is 13.6. The lowest BCUT2D eigenvalue weighted by Gasteiger charge is -2.21. The normalized spacial score (nSPS) is 17.3. The molecule has 1 unspecified atom stereocenters. The van der Waals surface area contributed by atoms with Gasteiger partial charge in [0, 0.05) is 6.04 Å². The summed E-state index contributed by atoms with van der Waals surface area (Å²) >= 11 is 3.39. The first-order valence-electron chi connectivity index (χ1n) is 8.37. The first-order chi connectivity index (χ1) is 10.2. The van der Waals surface area contributed by atoms with Crippen molar-refractivity contribution in [1.29, 1.82) is 0 Å². The summed E-state index contributed by atoms with van der Waals surface area (Å²) in [5, 5.41) is 3.65. The van der Waals surface area contributed by atoms with Crippen molar-refractivity contribution >= 4 is 15.9 Å². The van der Waals surface area contributed by atoms with Crippen molar-refractivity contribution in [3.8, 4) is 0 Å². The maximum absolute atomic E-state index is 13.6. The quantitative estimate of drug-likeness (QED) is 0.651. The van der Waals surface area contributed by atoms with Crippen LogP contribution in [0.15, 0.2) is 22.7 Å². The predicted octanol–water partition coefficient (Wildman–Crippen LogP) is 5.47. The van der Waals surface area contributed by atoms with Gasteiger partial charge < -0.3 is 5.32 Å². The second kappa shape index (κ2) is 8.89. The van der Waals surface area contributed by atoms with Crippen molar-refractivity contribution in [3.63, 3.8) is 0 Å². The zero-order chi connectivity index (χ0) is 15.1. The van der Waals surface area contributed by atoms with Crippen molar-refractivity contribution < 1.29 is 4.39 Å². The molecule has 1 saturated carbocycles. The van der Waals surface area contributed by atoms with E-state index in [9.17, 15) is 4.39 Å². The summed E-state index contributed by atoms with van der Waals surface area (Å²) in [6, 6.07) is 5.82. The summed E-state index contributed by atoms with van der Waals surface area (Å²) in [5.74, 6) is 0.768. The molecular formula is C18H27BrFN. The minimum atomic E-state index is -0.155. The molecule has 0 spiro atoms. The molecule has 2 rings (SSSR count). The number of halogens is 2. The monoisotopic (exact) mass is 355 g/mol. The second-order valence-electron chi connectivity index (χ2n) is 6.30. The van der Waals surface area contributed by atoms with Crippen LogP contribution in [0, 0.1) is 11.7 Å². The molecule has 1 aliphatic rings. The van der Waals surface area contributed by atoms with E-state index in [1.54, 1.807) is 0 Å². The molecule has 118 valence electrons. The molecule has 3 heteroatoms. The van der Waals surface area contributed by atoms with Crippen LogP contribution in [-0.4, -0.2) is 12.6 Å². The van der Waals surface area contributed by atoms with Gasteiger partial charge in [-0.3, -0.25) is 0 Å². The van der Waals surface area contributed by atoms with Gasteiger partial charge in [0.05, 0.1) is 4.47 Å². The van der Waals surface area contributed by atoms with E-state index in [-0.39, 0.29) is 5.82 Å². The average Bonchev–Trinajstić information content (AvgIpc) is 2.99. The Hall–Kier alpha value is -0.410. The third-order valence-corrected chi connectivity index (χ3v) is 5.47. The fourth-order valence-corrected chi connectivity index (χ4v) is 3.76. The first kappa shape index (κ1) is 17.0. The van der Waals surface area contributed by atoms with Gasteiger partial charge in [-0.1, -0.05) is 44.7 Å². The van der Waals surface area contributed by atoms with Crippen molar-refractivity contribution in [2.24, 2.45) is 5.92 Å². The van der Waals surface area contributed by atoms with E-state index in [1.807, 2.05) is 12.1 Å². The highest BCUT2D eigenvalue weighted by molar-refractivity contribution is 9.10. The molecule has 0 bridgehead atoms.